The standard InChI is InChI=1S/C44H33N7O/c45-29-9-1-25(2-10-29)41-33-17-19-35(48-33)42(26-3-11-30(46)12-4-26)37-21-23-39(50-37)44(28-7-15-32(52)16-8-28)40-24-22-38(51-40)43(36-20-18-34(41)49-36)27-5-13-31(47)14-6-27/h1-24,48,51-52H,45-47H2. The number of anilines is 3. The summed E-state index contributed by atoms with van der Waals surface area (Å²) in [7, 11) is 0. The zero-order chi connectivity index (χ0) is 35.3. The van der Waals surface area contributed by atoms with E-state index in [1.54, 1.807) is 12.1 Å². The van der Waals surface area contributed by atoms with E-state index in [9.17, 15) is 5.11 Å². The number of nitrogen functional groups attached to an aromatic ring is 3. The maximum absolute atomic E-state index is 10.2. The Morgan fingerprint density at radius 3 is 0.865 bits per heavy atom. The molecule has 0 amide bonds. The molecule has 52 heavy (non-hydrogen) atoms. The van der Waals surface area contributed by atoms with Gasteiger partial charge in [0.2, 0.25) is 0 Å². The van der Waals surface area contributed by atoms with Crippen molar-refractivity contribution >= 4 is 63.4 Å². The Hall–Kier alpha value is -7.32. The van der Waals surface area contributed by atoms with Gasteiger partial charge >= 0.3 is 0 Å². The summed E-state index contributed by atoms with van der Waals surface area (Å²) in [5, 5.41) is 10.2. The molecule has 8 bridgehead atoms. The summed E-state index contributed by atoms with van der Waals surface area (Å²) in [4.78, 5) is 18.1. The van der Waals surface area contributed by atoms with Crippen molar-refractivity contribution in [3.8, 4) is 50.3 Å². The van der Waals surface area contributed by atoms with Gasteiger partial charge in [0.15, 0.2) is 0 Å². The molecule has 0 unspecified atom stereocenters. The molecule has 7 aromatic rings. The zero-order valence-electron chi connectivity index (χ0n) is 27.9. The lowest BCUT2D eigenvalue weighted by atomic mass is 10.0. The first-order valence-electron chi connectivity index (χ1n) is 16.9. The largest absolute Gasteiger partial charge is 0.508 e. The van der Waals surface area contributed by atoms with Gasteiger partial charge in [0.05, 0.1) is 22.8 Å². The van der Waals surface area contributed by atoms with E-state index >= 15 is 0 Å². The summed E-state index contributed by atoms with van der Waals surface area (Å²) in [6.07, 6.45) is 8.20. The number of H-pyrrole nitrogens is 2. The Morgan fingerprint density at radius 1 is 0.346 bits per heavy atom. The van der Waals surface area contributed by atoms with Crippen LogP contribution >= 0.6 is 0 Å². The normalized spacial score (nSPS) is 12.0. The van der Waals surface area contributed by atoms with Crippen molar-refractivity contribution in [2.75, 3.05) is 17.2 Å². The highest BCUT2D eigenvalue weighted by Gasteiger charge is 2.19. The van der Waals surface area contributed by atoms with Crippen LogP contribution in [0.4, 0.5) is 17.1 Å². The first kappa shape index (κ1) is 30.7. The van der Waals surface area contributed by atoms with Crippen LogP contribution in [-0.4, -0.2) is 25.0 Å². The number of phenolic OH excluding ortho intramolecular Hbond substituents is 1. The quantitative estimate of drug-likeness (QED) is 0.102. The fourth-order valence-electron chi connectivity index (χ4n) is 7.00. The molecule has 2 aliphatic rings. The summed E-state index contributed by atoms with van der Waals surface area (Å²) in [6.45, 7) is 0. The summed E-state index contributed by atoms with van der Waals surface area (Å²) in [6, 6.07) is 39.1. The molecule has 0 saturated carbocycles. The number of nitrogens with two attached hydrogens (primary N) is 3. The number of hydrogen-bond donors (Lipinski definition) is 6. The molecule has 0 radical (unpaired) electrons. The van der Waals surface area contributed by atoms with Crippen LogP contribution in [0.5, 0.6) is 5.75 Å². The number of aromatic amines is 2. The minimum absolute atomic E-state index is 0.189. The summed E-state index contributed by atoms with van der Waals surface area (Å²) >= 11 is 0. The molecule has 3 aromatic heterocycles. The lowest BCUT2D eigenvalue weighted by Gasteiger charge is -2.07. The molecule has 0 fully saturated rings. The lowest BCUT2D eigenvalue weighted by molar-refractivity contribution is 0.475. The van der Waals surface area contributed by atoms with E-state index in [1.165, 1.54) is 0 Å². The second kappa shape index (κ2) is 12.2. The molecule has 9 N–H and O–H groups in total. The van der Waals surface area contributed by atoms with Gasteiger partial charge in [-0.15, -0.1) is 0 Å². The van der Waals surface area contributed by atoms with Crippen LogP contribution in [0, 0.1) is 0 Å². The van der Waals surface area contributed by atoms with Gasteiger partial charge in [-0.1, -0.05) is 48.5 Å². The van der Waals surface area contributed by atoms with Gasteiger partial charge in [0.25, 0.3) is 0 Å². The van der Waals surface area contributed by atoms with Gasteiger partial charge in [0, 0.05) is 61.4 Å². The van der Waals surface area contributed by atoms with E-state index in [-0.39, 0.29) is 5.75 Å². The lowest BCUT2D eigenvalue weighted by Crippen LogP contribution is -1.91. The summed E-state index contributed by atoms with van der Waals surface area (Å²) < 4.78 is 0. The maximum atomic E-state index is 10.2. The number of aromatic nitrogens is 4. The van der Waals surface area contributed by atoms with Crippen LogP contribution in [0.3, 0.4) is 0 Å². The van der Waals surface area contributed by atoms with E-state index in [4.69, 9.17) is 27.2 Å². The third-order valence-corrected chi connectivity index (χ3v) is 9.51. The minimum atomic E-state index is 0.189. The highest BCUT2D eigenvalue weighted by Crippen LogP contribution is 2.39. The van der Waals surface area contributed by atoms with Crippen molar-refractivity contribution < 1.29 is 5.11 Å². The number of benzene rings is 4. The number of nitrogens with one attached hydrogen (secondary N) is 2. The Balaban J connectivity index is 1.47. The van der Waals surface area contributed by atoms with Crippen molar-refractivity contribution in [2.24, 2.45) is 0 Å². The van der Waals surface area contributed by atoms with Gasteiger partial charge in [0.1, 0.15) is 5.75 Å². The van der Waals surface area contributed by atoms with Gasteiger partial charge in [-0.2, -0.15) is 0 Å². The van der Waals surface area contributed by atoms with Gasteiger partial charge in [-0.3, -0.25) is 0 Å². The predicted molar refractivity (Wildman–Crippen MR) is 216 cm³/mol. The summed E-state index contributed by atoms with van der Waals surface area (Å²) in [5.74, 6) is 0.189. The second-order valence-corrected chi connectivity index (χ2v) is 12.9. The number of rotatable bonds is 4. The third-order valence-electron chi connectivity index (χ3n) is 9.51. The van der Waals surface area contributed by atoms with Gasteiger partial charge in [-0.05, 0) is 119 Å². The van der Waals surface area contributed by atoms with Crippen molar-refractivity contribution in [3.63, 3.8) is 0 Å². The number of phenols is 1. The molecule has 0 aliphatic carbocycles. The molecule has 4 aromatic carbocycles. The predicted octanol–water partition coefficient (Wildman–Crippen LogP) is 9.78. The van der Waals surface area contributed by atoms with E-state index in [0.29, 0.717) is 17.1 Å². The number of fused-ring (bicyclic) bond motifs is 8. The molecule has 0 saturated heterocycles. The van der Waals surface area contributed by atoms with E-state index in [2.05, 4.69) is 46.4 Å². The smallest absolute Gasteiger partial charge is 0.115 e. The number of hydrogen-bond acceptors (Lipinski definition) is 6. The van der Waals surface area contributed by atoms with Crippen LogP contribution in [0.2, 0.25) is 0 Å². The summed E-state index contributed by atoms with van der Waals surface area (Å²) in [5.41, 5.74) is 34.6. The van der Waals surface area contributed by atoms with Crippen molar-refractivity contribution in [1.82, 2.24) is 19.9 Å². The maximum Gasteiger partial charge on any atom is 0.115 e. The van der Waals surface area contributed by atoms with E-state index in [0.717, 1.165) is 89.4 Å². The van der Waals surface area contributed by atoms with Crippen LogP contribution < -0.4 is 17.2 Å². The molecule has 250 valence electrons. The minimum Gasteiger partial charge on any atom is -0.508 e. The highest BCUT2D eigenvalue weighted by atomic mass is 16.3. The zero-order valence-corrected chi connectivity index (χ0v) is 27.9. The highest BCUT2D eigenvalue weighted by molar-refractivity contribution is 6.00. The number of nitrogens with zero attached hydrogens (tertiary/aromatic N) is 2. The molecule has 5 heterocycles. The Bertz CT molecular complexity index is 2360. The molecule has 9 rings (SSSR count). The Labute approximate surface area is 299 Å². The third kappa shape index (κ3) is 5.45. The molecule has 0 atom stereocenters. The van der Waals surface area contributed by atoms with E-state index < -0.39 is 0 Å². The van der Waals surface area contributed by atoms with Crippen LogP contribution in [0.25, 0.3) is 90.9 Å². The molecule has 2 aliphatic heterocycles. The van der Waals surface area contributed by atoms with Gasteiger partial charge in [-0.25, -0.2) is 9.97 Å². The topological polar surface area (TPSA) is 156 Å². The Morgan fingerprint density at radius 2 is 0.596 bits per heavy atom. The fourth-order valence-corrected chi connectivity index (χ4v) is 7.00. The SMILES string of the molecule is Nc1ccc(-c2c3nc(c(-c4ccc(N)cc4)c4ccc([nH]4)c(-c4ccc(O)cc4)c4nc(c(-c5ccc(N)cc5)c5ccc2[nH]5)C=C4)C=C3)cc1. The second-order valence-electron chi connectivity index (χ2n) is 12.9. The van der Waals surface area contributed by atoms with Crippen molar-refractivity contribution in [1.29, 1.82) is 0 Å². The van der Waals surface area contributed by atoms with E-state index in [1.807, 2.05) is 97.1 Å². The van der Waals surface area contributed by atoms with Crippen LogP contribution in [-0.2, 0) is 0 Å². The van der Waals surface area contributed by atoms with Crippen molar-refractivity contribution in [3.05, 3.63) is 144 Å². The monoisotopic (exact) mass is 675 g/mol. The fraction of sp³-hybridized carbons (Fsp3) is 0. The molecular weight excluding hydrogens is 643 g/mol. The van der Waals surface area contributed by atoms with Crippen molar-refractivity contribution in [2.45, 2.75) is 0 Å². The Kier molecular flexibility index (Phi) is 7.22. The average Bonchev–Trinajstić information content (AvgIpc) is 3.99. The van der Waals surface area contributed by atoms with Crippen LogP contribution in [0.1, 0.15) is 22.8 Å². The molecule has 8 nitrogen and oxygen atoms in total. The first-order chi connectivity index (χ1) is 25.4. The first-order valence-corrected chi connectivity index (χ1v) is 16.9. The molecule has 0 spiro atoms. The molecule has 8 heteroatoms. The van der Waals surface area contributed by atoms with Gasteiger partial charge < -0.3 is 32.3 Å². The number of aromatic hydroxyl groups is 1. The molecular formula is C44H33N7O. The average molecular weight is 676 g/mol. The van der Waals surface area contributed by atoms with Crippen LogP contribution in [0.15, 0.2) is 121 Å².